The van der Waals surface area contributed by atoms with Crippen molar-refractivity contribution in [3.8, 4) is 23.1 Å². The SMILES string of the molecule is COc1cc(N2CCS(=N)(=O)CC2)ccc1Nc1ncc(C#N)c(-c2c[nH]c3ccccc23)n1. The van der Waals surface area contributed by atoms with Crippen molar-refractivity contribution in [2.24, 2.45) is 0 Å². The van der Waals surface area contributed by atoms with Crippen LogP contribution >= 0.6 is 0 Å². The van der Waals surface area contributed by atoms with E-state index in [0.717, 1.165) is 22.2 Å². The summed E-state index contributed by atoms with van der Waals surface area (Å²) in [7, 11) is -0.866. The normalized spacial score (nSPS) is 15.1. The zero-order valence-electron chi connectivity index (χ0n) is 18.5. The molecule has 0 unspecified atom stereocenters. The Kier molecular flexibility index (Phi) is 5.55. The molecule has 2 aromatic heterocycles. The second kappa shape index (κ2) is 8.68. The Labute approximate surface area is 197 Å². The van der Waals surface area contributed by atoms with Crippen LogP contribution in [-0.2, 0) is 9.73 Å². The minimum atomic E-state index is -2.46. The number of anilines is 3. The third-order valence-electron chi connectivity index (χ3n) is 5.93. The first kappa shape index (κ1) is 21.7. The van der Waals surface area contributed by atoms with Gasteiger partial charge in [-0.1, -0.05) is 18.2 Å². The zero-order chi connectivity index (χ0) is 23.7. The number of nitrogens with one attached hydrogen (secondary N) is 3. The molecule has 3 N–H and O–H groups in total. The molecule has 0 radical (unpaired) electrons. The van der Waals surface area contributed by atoms with E-state index in [-0.39, 0.29) is 0 Å². The summed E-state index contributed by atoms with van der Waals surface area (Å²) in [4.78, 5) is 14.3. The first-order valence-electron chi connectivity index (χ1n) is 10.8. The minimum absolute atomic E-state index is 0.345. The number of hydrogen-bond acceptors (Lipinski definition) is 8. The Morgan fingerprint density at radius 3 is 2.79 bits per heavy atom. The average Bonchev–Trinajstić information content (AvgIpc) is 3.28. The van der Waals surface area contributed by atoms with Gasteiger partial charge in [-0.15, -0.1) is 0 Å². The van der Waals surface area contributed by atoms with Crippen molar-refractivity contribution in [1.82, 2.24) is 15.0 Å². The van der Waals surface area contributed by atoms with E-state index in [9.17, 15) is 9.47 Å². The van der Waals surface area contributed by atoms with Crippen LogP contribution in [0.4, 0.5) is 17.3 Å². The van der Waals surface area contributed by atoms with Crippen LogP contribution in [0.1, 0.15) is 5.56 Å². The van der Waals surface area contributed by atoms with Gasteiger partial charge in [-0.3, -0.25) is 4.78 Å². The van der Waals surface area contributed by atoms with E-state index in [1.54, 1.807) is 7.11 Å². The molecule has 3 heterocycles. The molecule has 1 fully saturated rings. The second-order valence-corrected chi connectivity index (χ2v) is 10.5. The summed E-state index contributed by atoms with van der Waals surface area (Å²) >= 11 is 0. The van der Waals surface area contributed by atoms with Gasteiger partial charge in [0.15, 0.2) is 0 Å². The number of nitrogens with zero attached hydrogens (tertiary/aromatic N) is 4. The minimum Gasteiger partial charge on any atom is -0.494 e. The lowest BCUT2D eigenvalue weighted by molar-refractivity contribution is 0.416. The molecule has 10 heteroatoms. The molecule has 1 saturated heterocycles. The van der Waals surface area contributed by atoms with Crippen LogP contribution in [0.3, 0.4) is 0 Å². The van der Waals surface area contributed by atoms with Crippen molar-refractivity contribution in [2.75, 3.05) is 41.9 Å². The summed E-state index contributed by atoms with van der Waals surface area (Å²) in [6.45, 7) is 1.15. The topological polar surface area (TPSA) is 131 Å². The van der Waals surface area contributed by atoms with Crippen LogP contribution in [-0.4, -0.2) is 50.9 Å². The van der Waals surface area contributed by atoms with E-state index in [0.29, 0.717) is 53.2 Å². The highest BCUT2D eigenvalue weighted by Gasteiger charge is 2.20. The van der Waals surface area contributed by atoms with Crippen LogP contribution in [0.15, 0.2) is 54.9 Å². The first-order valence-corrected chi connectivity index (χ1v) is 12.6. The third kappa shape index (κ3) is 4.13. The monoisotopic (exact) mass is 473 g/mol. The summed E-state index contributed by atoms with van der Waals surface area (Å²) in [5.41, 5.74) is 4.34. The lowest BCUT2D eigenvalue weighted by atomic mass is 10.1. The molecule has 0 aliphatic carbocycles. The number of hydrogen-bond donors (Lipinski definition) is 3. The van der Waals surface area contributed by atoms with Crippen LogP contribution in [0, 0.1) is 16.1 Å². The van der Waals surface area contributed by atoms with Crippen LogP contribution in [0.5, 0.6) is 5.75 Å². The van der Waals surface area contributed by atoms with Crippen LogP contribution < -0.4 is 15.0 Å². The molecule has 5 rings (SSSR count). The summed E-state index contributed by atoms with van der Waals surface area (Å²) in [6, 6.07) is 15.8. The number of para-hydroxylation sites is 1. The summed E-state index contributed by atoms with van der Waals surface area (Å²) < 4.78 is 25.4. The predicted molar refractivity (Wildman–Crippen MR) is 133 cm³/mol. The second-order valence-electron chi connectivity index (χ2n) is 8.03. The number of nitriles is 1. The van der Waals surface area contributed by atoms with Crippen molar-refractivity contribution < 1.29 is 8.95 Å². The third-order valence-corrected chi connectivity index (χ3v) is 7.62. The van der Waals surface area contributed by atoms with Gasteiger partial charge in [-0.2, -0.15) is 5.26 Å². The number of benzene rings is 2. The molecular formula is C24H23N7O2S. The number of H-pyrrole nitrogens is 1. The van der Waals surface area contributed by atoms with E-state index in [4.69, 9.17) is 9.52 Å². The molecule has 1 aliphatic heterocycles. The average molecular weight is 474 g/mol. The molecule has 4 aromatic rings. The van der Waals surface area contributed by atoms with E-state index < -0.39 is 9.73 Å². The highest BCUT2D eigenvalue weighted by molar-refractivity contribution is 7.92. The van der Waals surface area contributed by atoms with E-state index in [1.165, 1.54) is 6.20 Å². The van der Waals surface area contributed by atoms with E-state index in [1.807, 2.05) is 48.7 Å². The molecule has 0 atom stereocenters. The Balaban J connectivity index is 1.45. The first-order chi connectivity index (χ1) is 16.5. The molecule has 34 heavy (non-hydrogen) atoms. The summed E-state index contributed by atoms with van der Waals surface area (Å²) in [5.74, 6) is 1.68. The van der Waals surface area contributed by atoms with Gasteiger partial charge in [0.1, 0.15) is 11.8 Å². The van der Waals surface area contributed by atoms with Gasteiger partial charge >= 0.3 is 0 Å². The van der Waals surface area contributed by atoms with Crippen LogP contribution in [0.25, 0.3) is 22.2 Å². The number of rotatable bonds is 5. The van der Waals surface area contributed by atoms with Gasteiger partial charge in [-0.25, -0.2) is 14.2 Å². The fourth-order valence-corrected chi connectivity index (χ4v) is 5.32. The Bertz CT molecular complexity index is 1510. The van der Waals surface area contributed by atoms with Crippen molar-refractivity contribution in [3.05, 3.63) is 60.4 Å². The van der Waals surface area contributed by atoms with Crippen molar-refractivity contribution in [3.63, 3.8) is 0 Å². The number of ether oxygens (including phenoxy) is 1. The smallest absolute Gasteiger partial charge is 0.227 e. The zero-order valence-corrected chi connectivity index (χ0v) is 19.4. The van der Waals surface area contributed by atoms with Gasteiger partial charge in [0.2, 0.25) is 5.95 Å². The fourth-order valence-electron chi connectivity index (χ4n) is 4.08. The van der Waals surface area contributed by atoms with Crippen molar-refractivity contribution >= 4 is 38.0 Å². The van der Waals surface area contributed by atoms with Gasteiger partial charge in [-0.05, 0) is 18.2 Å². The Morgan fingerprint density at radius 1 is 1.24 bits per heavy atom. The number of aromatic nitrogens is 3. The summed E-state index contributed by atoms with van der Waals surface area (Å²) in [6.07, 6.45) is 3.36. The quantitative estimate of drug-likeness (QED) is 0.397. The van der Waals surface area contributed by atoms with E-state index >= 15 is 0 Å². The maximum Gasteiger partial charge on any atom is 0.227 e. The van der Waals surface area contributed by atoms with E-state index in [2.05, 4.69) is 31.2 Å². The standard InChI is InChI=1S/C24H23N7O2S/c1-33-22-12-17(31-8-10-34(26,32)11-9-31)6-7-21(22)29-24-28-14-16(13-25)23(30-24)19-15-27-20-5-3-2-4-18(19)20/h2-7,12,14-15,26-27H,8-11H2,1H3,(H,28,29,30). The predicted octanol–water partition coefficient (Wildman–Crippen LogP) is 4.12. The lowest BCUT2D eigenvalue weighted by Crippen LogP contribution is -2.39. The molecule has 0 saturated carbocycles. The fraction of sp³-hybridized carbons (Fsp3) is 0.208. The highest BCUT2D eigenvalue weighted by Crippen LogP contribution is 2.34. The molecule has 0 bridgehead atoms. The molecular weight excluding hydrogens is 450 g/mol. The molecule has 0 spiro atoms. The van der Waals surface area contributed by atoms with Gasteiger partial charge in [0, 0.05) is 68.7 Å². The van der Waals surface area contributed by atoms with Crippen molar-refractivity contribution in [1.29, 1.82) is 10.0 Å². The molecule has 172 valence electrons. The van der Waals surface area contributed by atoms with Gasteiger partial charge in [0.25, 0.3) is 0 Å². The maximum atomic E-state index is 12.0. The van der Waals surface area contributed by atoms with Crippen LogP contribution in [0.2, 0.25) is 0 Å². The number of aromatic amines is 1. The van der Waals surface area contributed by atoms with Gasteiger partial charge in [0.05, 0.1) is 30.3 Å². The van der Waals surface area contributed by atoms with Gasteiger partial charge < -0.3 is 19.9 Å². The maximum absolute atomic E-state index is 12.0. The lowest BCUT2D eigenvalue weighted by Gasteiger charge is -2.30. The molecule has 0 amide bonds. The summed E-state index contributed by atoms with van der Waals surface area (Å²) in [5, 5.41) is 13.8. The molecule has 9 nitrogen and oxygen atoms in total. The number of fused-ring (bicyclic) bond motifs is 1. The Morgan fingerprint density at radius 2 is 2.03 bits per heavy atom. The largest absolute Gasteiger partial charge is 0.494 e. The number of methoxy groups -OCH3 is 1. The Hall–Kier alpha value is -4.10. The molecule has 1 aliphatic rings. The van der Waals surface area contributed by atoms with Crippen molar-refractivity contribution in [2.45, 2.75) is 0 Å². The highest BCUT2D eigenvalue weighted by atomic mass is 32.2. The molecule has 2 aromatic carbocycles.